The highest BCUT2D eigenvalue weighted by atomic mass is 35.5. The Bertz CT molecular complexity index is 771. The topological polar surface area (TPSA) is 58.6 Å². The number of piperazine rings is 1. The average molecular weight is 412 g/mol. The average Bonchev–Trinajstić information content (AvgIpc) is 2.94. The number of β-amino-alcohol motifs (C(OH)–C–C–N with tert-alkyl or cyclic N) is 1. The second-order valence-corrected chi connectivity index (χ2v) is 10.1. The summed E-state index contributed by atoms with van der Waals surface area (Å²) in [6.07, 6.45) is 0. The van der Waals surface area contributed by atoms with Crippen LogP contribution >= 0.6 is 23.4 Å². The Balaban J connectivity index is 1.76. The van der Waals surface area contributed by atoms with Crippen molar-refractivity contribution in [2.75, 3.05) is 64.9 Å². The van der Waals surface area contributed by atoms with Crippen LogP contribution in [0.2, 0.25) is 5.02 Å². The maximum Gasteiger partial charge on any atom is 0.166 e. The SMILES string of the molecule is CN(C)CC(C)(C)Sc1nc2cc(N3CCN(CCO)CC3)c(Cl)cc2[nH]1. The zero-order valence-electron chi connectivity index (χ0n) is 16.6. The van der Waals surface area contributed by atoms with Gasteiger partial charge >= 0.3 is 0 Å². The number of benzene rings is 1. The van der Waals surface area contributed by atoms with Gasteiger partial charge in [-0.2, -0.15) is 0 Å². The molecule has 150 valence electrons. The van der Waals surface area contributed by atoms with Crippen molar-refractivity contribution in [2.24, 2.45) is 0 Å². The minimum atomic E-state index is 0.0625. The van der Waals surface area contributed by atoms with Crippen molar-refractivity contribution in [3.05, 3.63) is 17.2 Å². The summed E-state index contributed by atoms with van der Waals surface area (Å²) < 4.78 is 0.0625. The summed E-state index contributed by atoms with van der Waals surface area (Å²) in [6, 6.07) is 4.08. The molecule has 0 unspecified atom stereocenters. The number of aromatic nitrogens is 2. The van der Waals surface area contributed by atoms with Gasteiger partial charge in [0.2, 0.25) is 0 Å². The molecule has 27 heavy (non-hydrogen) atoms. The first-order valence-electron chi connectivity index (χ1n) is 9.38. The van der Waals surface area contributed by atoms with Crippen molar-refractivity contribution in [2.45, 2.75) is 23.8 Å². The molecule has 1 saturated heterocycles. The summed E-state index contributed by atoms with van der Waals surface area (Å²) >= 11 is 8.35. The first-order valence-corrected chi connectivity index (χ1v) is 10.6. The molecular formula is C19H30ClN5OS. The van der Waals surface area contributed by atoms with Crippen LogP contribution in [0.25, 0.3) is 11.0 Å². The number of nitrogens with one attached hydrogen (secondary N) is 1. The second kappa shape index (κ2) is 8.57. The number of aliphatic hydroxyl groups excluding tert-OH is 1. The van der Waals surface area contributed by atoms with E-state index in [2.05, 4.69) is 53.7 Å². The lowest BCUT2D eigenvalue weighted by Gasteiger charge is -2.36. The van der Waals surface area contributed by atoms with E-state index in [0.29, 0.717) is 0 Å². The molecule has 0 amide bonds. The van der Waals surface area contributed by atoms with Gasteiger partial charge in [-0.1, -0.05) is 23.4 Å². The number of rotatable bonds is 7. The maximum atomic E-state index is 9.10. The van der Waals surface area contributed by atoms with Gasteiger partial charge in [0.15, 0.2) is 5.16 Å². The Labute approximate surface area is 170 Å². The number of anilines is 1. The molecule has 0 aliphatic carbocycles. The molecule has 0 bridgehead atoms. The standard InChI is InChI=1S/C19H30ClN5OS/c1-19(2,13-23(3)4)27-18-21-15-11-14(20)17(12-16(15)22-18)25-7-5-24(6-8-25)9-10-26/h11-12,26H,5-10,13H2,1-4H3,(H,21,22). The van der Waals surface area contributed by atoms with E-state index in [0.717, 1.165) is 66.2 Å². The summed E-state index contributed by atoms with van der Waals surface area (Å²) in [5, 5.41) is 10.8. The second-order valence-electron chi connectivity index (χ2n) is 8.01. The van der Waals surface area contributed by atoms with Gasteiger partial charge in [-0.15, -0.1) is 0 Å². The maximum absolute atomic E-state index is 9.10. The highest BCUT2D eigenvalue weighted by Gasteiger charge is 2.23. The van der Waals surface area contributed by atoms with Crippen LogP contribution in [0.3, 0.4) is 0 Å². The Morgan fingerprint density at radius 1 is 1.26 bits per heavy atom. The molecule has 1 aromatic carbocycles. The van der Waals surface area contributed by atoms with E-state index in [-0.39, 0.29) is 11.4 Å². The van der Waals surface area contributed by atoms with Gasteiger partial charge in [0.25, 0.3) is 0 Å². The summed E-state index contributed by atoms with van der Waals surface area (Å²) in [6.45, 7) is 10.1. The van der Waals surface area contributed by atoms with Crippen molar-refractivity contribution < 1.29 is 5.11 Å². The predicted molar refractivity (Wildman–Crippen MR) is 115 cm³/mol. The molecule has 2 N–H and O–H groups in total. The van der Waals surface area contributed by atoms with E-state index in [1.807, 2.05) is 6.07 Å². The van der Waals surface area contributed by atoms with Crippen molar-refractivity contribution in [1.29, 1.82) is 0 Å². The molecule has 2 aromatic rings. The summed E-state index contributed by atoms with van der Waals surface area (Å²) in [5.74, 6) is 0. The Hall–Kier alpha value is -0.990. The molecule has 6 nitrogen and oxygen atoms in total. The zero-order chi connectivity index (χ0) is 19.6. The number of aliphatic hydroxyl groups is 1. The third-order valence-corrected chi connectivity index (χ3v) is 6.10. The fourth-order valence-corrected chi connectivity index (χ4v) is 5.13. The van der Waals surface area contributed by atoms with Crippen LogP contribution < -0.4 is 4.90 Å². The van der Waals surface area contributed by atoms with Crippen LogP contribution in [0.15, 0.2) is 17.3 Å². The number of H-pyrrole nitrogens is 1. The molecule has 1 aliphatic heterocycles. The van der Waals surface area contributed by atoms with Crippen LogP contribution in [0, 0.1) is 0 Å². The fourth-order valence-electron chi connectivity index (χ4n) is 3.70. The Morgan fingerprint density at radius 3 is 2.59 bits per heavy atom. The van der Waals surface area contributed by atoms with Crippen LogP contribution in [-0.2, 0) is 0 Å². The lowest BCUT2D eigenvalue weighted by molar-refractivity contribution is 0.189. The predicted octanol–water partition coefficient (Wildman–Crippen LogP) is 2.76. The van der Waals surface area contributed by atoms with E-state index >= 15 is 0 Å². The highest BCUT2D eigenvalue weighted by Crippen LogP contribution is 2.35. The summed E-state index contributed by atoms with van der Waals surface area (Å²) in [4.78, 5) is 15.0. The first-order chi connectivity index (χ1) is 12.8. The number of hydrogen-bond donors (Lipinski definition) is 2. The number of thioether (sulfide) groups is 1. The monoisotopic (exact) mass is 411 g/mol. The third kappa shape index (κ3) is 5.29. The Kier molecular flexibility index (Phi) is 6.58. The summed E-state index contributed by atoms with van der Waals surface area (Å²) in [7, 11) is 4.18. The van der Waals surface area contributed by atoms with Gasteiger partial charge < -0.3 is 19.9 Å². The zero-order valence-corrected chi connectivity index (χ0v) is 18.2. The van der Waals surface area contributed by atoms with Gasteiger partial charge in [-0.25, -0.2) is 4.98 Å². The van der Waals surface area contributed by atoms with Gasteiger partial charge in [0.05, 0.1) is 28.4 Å². The molecule has 8 heteroatoms. The van der Waals surface area contributed by atoms with Gasteiger partial charge in [0.1, 0.15) is 0 Å². The number of hydrogen-bond acceptors (Lipinski definition) is 6. The van der Waals surface area contributed by atoms with Crippen LogP contribution in [0.4, 0.5) is 5.69 Å². The number of fused-ring (bicyclic) bond motifs is 1. The first kappa shape index (κ1) is 20.7. The lowest BCUT2D eigenvalue weighted by Crippen LogP contribution is -2.47. The van der Waals surface area contributed by atoms with E-state index in [9.17, 15) is 0 Å². The molecule has 1 fully saturated rings. The van der Waals surface area contributed by atoms with E-state index in [1.54, 1.807) is 11.8 Å². The molecule has 0 saturated carbocycles. The quantitative estimate of drug-likeness (QED) is 0.683. The van der Waals surface area contributed by atoms with Crippen molar-refractivity contribution in [3.8, 4) is 0 Å². The minimum absolute atomic E-state index is 0.0625. The van der Waals surface area contributed by atoms with Crippen LogP contribution in [0.1, 0.15) is 13.8 Å². The Morgan fingerprint density at radius 2 is 1.96 bits per heavy atom. The molecule has 0 atom stereocenters. The largest absolute Gasteiger partial charge is 0.395 e. The number of halogens is 1. The molecule has 0 spiro atoms. The van der Waals surface area contributed by atoms with E-state index in [1.165, 1.54) is 0 Å². The minimum Gasteiger partial charge on any atom is -0.395 e. The van der Waals surface area contributed by atoms with Crippen LogP contribution in [0.5, 0.6) is 0 Å². The number of imidazole rings is 1. The lowest BCUT2D eigenvalue weighted by atomic mass is 10.2. The van der Waals surface area contributed by atoms with E-state index in [4.69, 9.17) is 21.7 Å². The molecular weight excluding hydrogens is 382 g/mol. The smallest absolute Gasteiger partial charge is 0.166 e. The molecule has 1 aromatic heterocycles. The highest BCUT2D eigenvalue weighted by molar-refractivity contribution is 8.00. The van der Waals surface area contributed by atoms with E-state index < -0.39 is 0 Å². The molecule has 1 aliphatic rings. The summed E-state index contributed by atoms with van der Waals surface area (Å²) in [5.41, 5.74) is 2.98. The number of nitrogens with zero attached hydrogens (tertiary/aromatic N) is 4. The van der Waals surface area contributed by atoms with Crippen molar-refractivity contribution >= 4 is 40.1 Å². The van der Waals surface area contributed by atoms with Crippen molar-refractivity contribution in [3.63, 3.8) is 0 Å². The van der Waals surface area contributed by atoms with Crippen LogP contribution in [-0.4, -0.2) is 89.6 Å². The van der Waals surface area contributed by atoms with Gasteiger partial charge in [-0.05, 0) is 40.1 Å². The van der Waals surface area contributed by atoms with Gasteiger partial charge in [0, 0.05) is 44.0 Å². The number of aromatic amines is 1. The van der Waals surface area contributed by atoms with Gasteiger partial charge in [-0.3, -0.25) is 4.90 Å². The molecule has 0 radical (unpaired) electrons. The van der Waals surface area contributed by atoms with Crippen molar-refractivity contribution in [1.82, 2.24) is 19.8 Å². The normalized spacial score (nSPS) is 16.6. The molecule has 2 heterocycles. The fraction of sp³-hybridized carbons (Fsp3) is 0.632. The third-order valence-electron chi connectivity index (χ3n) is 4.73. The molecule has 3 rings (SSSR count).